The van der Waals surface area contributed by atoms with E-state index in [0.717, 1.165) is 5.75 Å². The lowest BCUT2D eigenvalue weighted by Crippen LogP contribution is -2.31. The number of amides is 1. The molecule has 0 spiro atoms. The summed E-state index contributed by atoms with van der Waals surface area (Å²) in [6.45, 7) is 2.39. The molecular formula is C13H20ClFN2OS. The fourth-order valence-corrected chi connectivity index (χ4v) is 2.27. The van der Waals surface area contributed by atoms with Gasteiger partial charge in [-0.2, -0.15) is 11.8 Å². The number of benzene rings is 1. The van der Waals surface area contributed by atoms with Gasteiger partial charge in [0.1, 0.15) is 5.82 Å². The summed E-state index contributed by atoms with van der Waals surface area (Å²) in [6, 6.07) is 6.62. The highest BCUT2D eigenvalue weighted by Gasteiger charge is 2.04. The molecule has 1 unspecified atom stereocenters. The normalized spacial score (nSPS) is 11.5. The molecule has 0 bridgehead atoms. The number of carbonyl (C=O) groups is 1. The second kappa shape index (κ2) is 10.1. The molecular weight excluding hydrogens is 287 g/mol. The zero-order valence-corrected chi connectivity index (χ0v) is 12.5. The Bertz CT molecular complexity index is 391. The van der Waals surface area contributed by atoms with Gasteiger partial charge in [-0.15, -0.1) is 12.4 Å². The first-order valence-corrected chi connectivity index (χ1v) is 7.08. The molecule has 0 heterocycles. The van der Waals surface area contributed by atoms with Crippen LogP contribution in [0.25, 0.3) is 0 Å². The van der Waals surface area contributed by atoms with E-state index >= 15 is 0 Å². The number of hydrogen-bond acceptors (Lipinski definition) is 3. The molecule has 0 saturated heterocycles. The summed E-state index contributed by atoms with van der Waals surface area (Å²) in [4.78, 5) is 11.3. The molecule has 1 rings (SSSR count). The Morgan fingerprint density at radius 1 is 1.47 bits per heavy atom. The van der Waals surface area contributed by atoms with Gasteiger partial charge in [0.2, 0.25) is 5.91 Å². The average Bonchev–Trinajstić information content (AvgIpc) is 2.30. The van der Waals surface area contributed by atoms with Crippen molar-refractivity contribution in [2.24, 2.45) is 5.73 Å². The highest BCUT2D eigenvalue weighted by Crippen LogP contribution is 2.14. The predicted molar refractivity (Wildman–Crippen MR) is 81.1 cm³/mol. The SMILES string of the molecule is CC(N)CC(=O)NCCSCc1ccccc1F.Cl. The maximum Gasteiger partial charge on any atom is 0.221 e. The third-order valence-electron chi connectivity index (χ3n) is 2.29. The zero-order valence-electron chi connectivity index (χ0n) is 10.9. The van der Waals surface area contributed by atoms with Crippen molar-refractivity contribution >= 4 is 30.1 Å². The summed E-state index contributed by atoms with van der Waals surface area (Å²) in [5.41, 5.74) is 6.21. The van der Waals surface area contributed by atoms with Crippen LogP contribution in [0.3, 0.4) is 0 Å². The van der Waals surface area contributed by atoms with Crippen molar-refractivity contribution in [2.45, 2.75) is 25.1 Å². The van der Waals surface area contributed by atoms with Crippen molar-refractivity contribution in [1.29, 1.82) is 0 Å². The summed E-state index contributed by atoms with van der Waals surface area (Å²) in [6.07, 6.45) is 0.345. The third-order valence-corrected chi connectivity index (χ3v) is 3.30. The lowest BCUT2D eigenvalue weighted by molar-refractivity contribution is -0.121. The summed E-state index contributed by atoms with van der Waals surface area (Å²) in [5.74, 6) is 1.18. The maximum atomic E-state index is 13.3. The molecule has 0 aliphatic heterocycles. The van der Waals surface area contributed by atoms with Crippen molar-refractivity contribution < 1.29 is 9.18 Å². The standard InChI is InChI=1S/C13H19FN2OS.ClH/c1-10(15)8-13(17)16-6-7-18-9-11-4-2-3-5-12(11)14;/h2-5,10H,6-9,15H2,1H3,(H,16,17);1H. The lowest BCUT2D eigenvalue weighted by Gasteiger charge is -2.07. The van der Waals surface area contributed by atoms with Crippen LogP contribution in [0.4, 0.5) is 4.39 Å². The van der Waals surface area contributed by atoms with Gasteiger partial charge >= 0.3 is 0 Å². The third kappa shape index (κ3) is 8.08. The molecule has 6 heteroatoms. The number of halogens is 2. The fraction of sp³-hybridized carbons (Fsp3) is 0.462. The molecule has 3 N–H and O–H groups in total. The maximum absolute atomic E-state index is 13.3. The molecule has 1 aromatic rings. The van der Waals surface area contributed by atoms with Crippen LogP contribution < -0.4 is 11.1 Å². The molecule has 19 heavy (non-hydrogen) atoms. The zero-order chi connectivity index (χ0) is 13.4. The average molecular weight is 307 g/mol. The smallest absolute Gasteiger partial charge is 0.221 e. The van der Waals surface area contributed by atoms with Gasteiger partial charge in [0, 0.05) is 30.5 Å². The molecule has 0 fully saturated rings. The van der Waals surface area contributed by atoms with Crippen molar-refractivity contribution in [3.63, 3.8) is 0 Å². The highest BCUT2D eigenvalue weighted by atomic mass is 35.5. The quantitative estimate of drug-likeness (QED) is 0.760. The van der Waals surface area contributed by atoms with E-state index in [9.17, 15) is 9.18 Å². The van der Waals surface area contributed by atoms with Crippen LogP contribution in [0.2, 0.25) is 0 Å². The number of hydrogen-bond donors (Lipinski definition) is 2. The number of rotatable bonds is 7. The minimum Gasteiger partial charge on any atom is -0.355 e. The molecule has 0 radical (unpaired) electrons. The van der Waals surface area contributed by atoms with E-state index in [4.69, 9.17) is 5.73 Å². The number of thioether (sulfide) groups is 1. The second-order valence-electron chi connectivity index (χ2n) is 4.18. The summed E-state index contributed by atoms with van der Waals surface area (Å²) in [5, 5.41) is 2.78. The van der Waals surface area contributed by atoms with E-state index in [-0.39, 0.29) is 30.2 Å². The van der Waals surface area contributed by atoms with Crippen LogP contribution in [0.5, 0.6) is 0 Å². The minimum absolute atomic E-state index is 0. The van der Waals surface area contributed by atoms with Crippen molar-refractivity contribution in [3.05, 3.63) is 35.6 Å². The van der Waals surface area contributed by atoms with Gasteiger partial charge in [0.15, 0.2) is 0 Å². The van der Waals surface area contributed by atoms with E-state index in [0.29, 0.717) is 24.3 Å². The first-order chi connectivity index (χ1) is 8.59. The Morgan fingerprint density at radius 3 is 2.79 bits per heavy atom. The summed E-state index contributed by atoms with van der Waals surface area (Å²) < 4.78 is 13.3. The Balaban J connectivity index is 0.00000324. The van der Waals surface area contributed by atoms with Gasteiger partial charge in [-0.3, -0.25) is 4.79 Å². The van der Waals surface area contributed by atoms with Gasteiger partial charge in [-0.25, -0.2) is 4.39 Å². The van der Waals surface area contributed by atoms with Crippen molar-refractivity contribution in [1.82, 2.24) is 5.32 Å². The molecule has 0 aromatic heterocycles. The van der Waals surface area contributed by atoms with Crippen molar-refractivity contribution in [2.75, 3.05) is 12.3 Å². The van der Waals surface area contributed by atoms with E-state index in [1.807, 2.05) is 6.07 Å². The van der Waals surface area contributed by atoms with Crippen molar-refractivity contribution in [3.8, 4) is 0 Å². The van der Waals surface area contributed by atoms with E-state index < -0.39 is 0 Å². The molecule has 3 nitrogen and oxygen atoms in total. The molecule has 0 aliphatic carbocycles. The Morgan fingerprint density at radius 2 is 2.16 bits per heavy atom. The van der Waals surface area contributed by atoms with Gasteiger partial charge in [0.05, 0.1) is 0 Å². The second-order valence-corrected chi connectivity index (χ2v) is 5.28. The summed E-state index contributed by atoms with van der Waals surface area (Å²) >= 11 is 1.60. The summed E-state index contributed by atoms with van der Waals surface area (Å²) in [7, 11) is 0. The van der Waals surface area contributed by atoms with Crippen LogP contribution in [0.1, 0.15) is 18.9 Å². The van der Waals surface area contributed by atoms with E-state index in [1.165, 1.54) is 6.07 Å². The van der Waals surface area contributed by atoms with Crippen LogP contribution >= 0.6 is 24.2 Å². The Kier molecular flexibility index (Phi) is 9.65. The largest absolute Gasteiger partial charge is 0.355 e. The van der Waals surface area contributed by atoms with Crippen LogP contribution in [0, 0.1) is 5.82 Å². The fourth-order valence-electron chi connectivity index (χ4n) is 1.42. The number of nitrogens with one attached hydrogen (secondary N) is 1. The van der Waals surface area contributed by atoms with E-state index in [2.05, 4.69) is 5.32 Å². The molecule has 0 aliphatic rings. The van der Waals surface area contributed by atoms with Gasteiger partial charge < -0.3 is 11.1 Å². The van der Waals surface area contributed by atoms with Gasteiger partial charge in [0.25, 0.3) is 0 Å². The first-order valence-electron chi connectivity index (χ1n) is 5.93. The van der Waals surface area contributed by atoms with Crippen LogP contribution in [-0.4, -0.2) is 24.2 Å². The van der Waals surface area contributed by atoms with Crippen LogP contribution in [0.15, 0.2) is 24.3 Å². The van der Waals surface area contributed by atoms with Crippen LogP contribution in [-0.2, 0) is 10.5 Å². The molecule has 1 aromatic carbocycles. The minimum atomic E-state index is -0.175. The number of carbonyl (C=O) groups excluding carboxylic acids is 1. The van der Waals surface area contributed by atoms with E-state index in [1.54, 1.807) is 30.8 Å². The molecule has 108 valence electrons. The molecule has 1 atom stereocenters. The Labute approximate surface area is 123 Å². The predicted octanol–water partition coefficient (Wildman–Crippen LogP) is 2.33. The monoisotopic (exact) mass is 306 g/mol. The first kappa shape index (κ1) is 18.2. The highest BCUT2D eigenvalue weighted by molar-refractivity contribution is 7.98. The lowest BCUT2D eigenvalue weighted by atomic mass is 10.2. The Hall–Kier alpha value is -0.780. The van der Waals surface area contributed by atoms with Gasteiger partial charge in [-0.1, -0.05) is 18.2 Å². The molecule has 0 saturated carbocycles. The number of nitrogens with two attached hydrogens (primary N) is 1. The topological polar surface area (TPSA) is 55.1 Å². The molecule has 1 amide bonds. The van der Waals surface area contributed by atoms with Gasteiger partial charge in [-0.05, 0) is 18.6 Å².